The highest BCUT2D eigenvalue weighted by atomic mass is 16.5. The maximum Gasteiger partial charge on any atom is 0.0650 e. The average molecular weight is 158 g/mol. The lowest BCUT2D eigenvalue weighted by atomic mass is 10.2. The first kappa shape index (κ1) is 9.01. The van der Waals surface area contributed by atoms with Crippen molar-refractivity contribution in [3.05, 3.63) is 0 Å². The summed E-state index contributed by atoms with van der Waals surface area (Å²) in [6, 6.07) is 0. The molecule has 0 bridgehead atoms. The fourth-order valence-electron chi connectivity index (χ4n) is 1.11. The Morgan fingerprint density at radius 1 is 1.45 bits per heavy atom. The van der Waals surface area contributed by atoms with Crippen molar-refractivity contribution in [1.29, 1.82) is 0 Å². The Labute approximate surface area is 68.6 Å². The van der Waals surface area contributed by atoms with Crippen molar-refractivity contribution >= 4 is 0 Å². The van der Waals surface area contributed by atoms with E-state index in [0.717, 1.165) is 32.3 Å². The first-order chi connectivity index (χ1) is 5.12. The van der Waals surface area contributed by atoms with Crippen LogP contribution in [0.5, 0.6) is 0 Å². The molecular weight excluding hydrogens is 140 g/mol. The third-order valence-corrected chi connectivity index (χ3v) is 2.06. The van der Waals surface area contributed by atoms with E-state index in [1.54, 1.807) is 0 Å². The standard InChI is InChI=1S/C9H18O2/c1-8(2)11-7-3-4-9(10)5-6-9/h8,10H,3-7H2,1-2H3. The van der Waals surface area contributed by atoms with E-state index >= 15 is 0 Å². The van der Waals surface area contributed by atoms with Crippen LogP contribution in [0.1, 0.15) is 39.5 Å². The predicted octanol–water partition coefficient (Wildman–Crippen LogP) is 1.72. The Bertz CT molecular complexity index is 117. The van der Waals surface area contributed by atoms with E-state index in [4.69, 9.17) is 4.74 Å². The second-order valence-corrected chi connectivity index (χ2v) is 3.75. The van der Waals surface area contributed by atoms with Gasteiger partial charge in [-0.2, -0.15) is 0 Å². The molecule has 1 aliphatic rings. The van der Waals surface area contributed by atoms with Crippen LogP contribution in [0.3, 0.4) is 0 Å². The van der Waals surface area contributed by atoms with Crippen molar-refractivity contribution in [2.24, 2.45) is 0 Å². The van der Waals surface area contributed by atoms with Gasteiger partial charge in [-0.05, 0) is 39.5 Å². The van der Waals surface area contributed by atoms with Gasteiger partial charge in [-0.25, -0.2) is 0 Å². The summed E-state index contributed by atoms with van der Waals surface area (Å²) in [6.07, 6.45) is 4.22. The minimum absolute atomic E-state index is 0.291. The second kappa shape index (κ2) is 3.55. The van der Waals surface area contributed by atoms with Gasteiger partial charge in [-0.1, -0.05) is 0 Å². The van der Waals surface area contributed by atoms with Crippen LogP contribution in [0.4, 0.5) is 0 Å². The van der Waals surface area contributed by atoms with Crippen molar-refractivity contribution in [1.82, 2.24) is 0 Å². The Kier molecular flexibility index (Phi) is 2.90. The number of hydrogen-bond acceptors (Lipinski definition) is 2. The Morgan fingerprint density at radius 3 is 2.55 bits per heavy atom. The number of hydrogen-bond donors (Lipinski definition) is 1. The minimum Gasteiger partial charge on any atom is -0.390 e. The molecule has 1 saturated carbocycles. The SMILES string of the molecule is CC(C)OCCCC1(O)CC1. The molecule has 0 aliphatic heterocycles. The van der Waals surface area contributed by atoms with E-state index in [0.29, 0.717) is 6.10 Å². The molecule has 0 saturated heterocycles. The van der Waals surface area contributed by atoms with Crippen LogP contribution in [-0.4, -0.2) is 23.4 Å². The highest BCUT2D eigenvalue weighted by molar-refractivity contribution is 4.92. The van der Waals surface area contributed by atoms with E-state index < -0.39 is 0 Å². The molecule has 2 heteroatoms. The van der Waals surface area contributed by atoms with Crippen LogP contribution in [0.15, 0.2) is 0 Å². The second-order valence-electron chi connectivity index (χ2n) is 3.75. The van der Waals surface area contributed by atoms with Gasteiger partial charge in [0, 0.05) is 6.61 Å². The Balaban J connectivity index is 1.88. The average Bonchev–Trinajstić information content (AvgIpc) is 2.62. The van der Waals surface area contributed by atoms with E-state index in [9.17, 15) is 5.11 Å². The molecule has 11 heavy (non-hydrogen) atoms. The van der Waals surface area contributed by atoms with Crippen molar-refractivity contribution in [3.8, 4) is 0 Å². The zero-order valence-corrected chi connectivity index (χ0v) is 7.47. The highest BCUT2D eigenvalue weighted by Gasteiger charge is 2.39. The van der Waals surface area contributed by atoms with Gasteiger partial charge in [-0.3, -0.25) is 0 Å². The van der Waals surface area contributed by atoms with Crippen molar-refractivity contribution < 1.29 is 9.84 Å². The summed E-state index contributed by atoms with van der Waals surface area (Å²) in [7, 11) is 0. The molecule has 0 radical (unpaired) electrons. The third-order valence-electron chi connectivity index (χ3n) is 2.06. The molecule has 1 aliphatic carbocycles. The molecule has 0 aromatic heterocycles. The van der Waals surface area contributed by atoms with Gasteiger partial charge >= 0.3 is 0 Å². The van der Waals surface area contributed by atoms with Gasteiger partial charge in [0.15, 0.2) is 0 Å². The predicted molar refractivity (Wildman–Crippen MR) is 44.5 cm³/mol. The molecular formula is C9H18O2. The molecule has 1 fully saturated rings. The van der Waals surface area contributed by atoms with Gasteiger partial charge in [0.1, 0.15) is 0 Å². The molecule has 1 N–H and O–H groups in total. The van der Waals surface area contributed by atoms with E-state index in [2.05, 4.69) is 0 Å². The van der Waals surface area contributed by atoms with Crippen molar-refractivity contribution in [2.75, 3.05) is 6.61 Å². The van der Waals surface area contributed by atoms with Gasteiger partial charge in [0.05, 0.1) is 11.7 Å². The summed E-state index contributed by atoms with van der Waals surface area (Å²) >= 11 is 0. The monoisotopic (exact) mass is 158 g/mol. The third kappa shape index (κ3) is 3.73. The molecule has 0 aromatic carbocycles. The zero-order chi connectivity index (χ0) is 8.32. The molecule has 0 aromatic rings. The molecule has 0 heterocycles. The molecule has 0 amide bonds. The highest BCUT2D eigenvalue weighted by Crippen LogP contribution is 2.39. The largest absolute Gasteiger partial charge is 0.390 e. The van der Waals surface area contributed by atoms with Crippen molar-refractivity contribution in [2.45, 2.75) is 51.2 Å². The van der Waals surface area contributed by atoms with Crippen molar-refractivity contribution in [3.63, 3.8) is 0 Å². The van der Waals surface area contributed by atoms with E-state index in [1.807, 2.05) is 13.8 Å². The number of ether oxygens (including phenoxy) is 1. The quantitative estimate of drug-likeness (QED) is 0.617. The molecule has 0 unspecified atom stereocenters. The Hall–Kier alpha value is -0.0800. The van der Waals surface area contributed by atoms with Crippen LogP contribution in [0.2, 0.25) is 0 Å². The maximum absolute atomic E-state index is 9.44. The maximum atomic E-state index is 9.44. The van der Waals surface area contributed by atoms with Gasteiger partial charge in [-0.15, -0.1) is 0 Å². The van der Waals surface area contributed by atoms with Crippen LogP contribution >= 0.6 is 0 Å². The van der Waals surface area contributed by atoms with E-state index in [1.165, 1.54) is 0 Å². The summed E-state index contributed by atoms with van der Waals surface area (Å²) < 4.78 is 5.35. The van der Waals surface area contributed by atoms with Crippen LogP contribution < -0.4 is 0 Å². The summed E-state index contributed by atoms with van der Waals surface area (Å²) in [4.78, 5) is 0. The molecule has 0 spiro atoms. The van der Waals surface area contributed by atoms with Gasteiger partial charge < -0.3 is 9.84 Å². The molecule has 2 nitrogen and oxygen atoms in total. The fraction of sp³-hybridized carbons (Fsp3) is 1.00. The van der Waals surface area contributed by atoms with E-state index in [-0.39, 0.29) is 5.60 Å². The Morgan fingerprint density at radius 2 is 2.09 bits per heavy atom. The number of aliphatic hydroxyl groups is 1. The summed E-state index contributed by atoms with van der Waals surface area (Å²) in [6.45, 7) is 4.86. The lowest BCUT2D eigenvalue weighted by Crippen LogP contribution is -2.10. The summed E-state index contributed by atoms with van der Waals surface area (Å²) in [5, 5.41) is 9.44. The normalized spacial score (nSPS) is 20.7. The minimum atomic E-state index is -0.291. The fourth-order valence-corrected chi connectivity index (χ4v) is 1.11. The molecule has 66 valence electrons. The first-order valence-electron chi connectivity index (χ1n) is 4.46. The number of rotatable bonds is 5. The zero-order valence-electron chi connectivity index (χ0n) is 7.47. The van der Waals surface area contributed by atoms with Crippen LogP contribution in [0, 0.1) is 0 Å². The smallest absolute Gasteiger partial charge is 0.0650 e. The molecule has 1 rings (SSSR count). The van der Waals surface area contributed by atoms with Crippen LogP contribution in [-0.2, 0) is 4.74 Å². The van der Waals surface area contributed by atoms with Gasteiger partial charge in [0.2, 0.25) is 0 Å². The first-order valence-corrected chi connectivity index (χ1v) is 4.46. The topological polar surface area (TPSA) is 29.5 Å². The summed E-state index contributed by atoms with van der Waals surface area (Å²) in [5.41, 5.74) is -0.291. The lowest BCUT2D eigenvalue weighted by molar-refractivity contribution is 0.0607. The lowest BCUT2D eigenvalue weighted by Gasteiger charge is -2.09. The van der Waals surface area contributed by atoms with Gasteiger partial charge in [0.25, 0.3) is 0 Å². The summed E-state index contributed by atoms with van der Waals surface area (Å²) in [5.74, 6) is 0. The van der Waals surface area contributed by atoms with Crippen LogP contribution in [0.25, 0.3) is 0 Å². The molecule has 0 atom stereocenters.